The summed E-state index contributed by atoms with van der Waals surface area (Å²) < 4.78 is 2.00. The number of H-pyrrole nitrogens is 2. The smallest absolute Gasteiger partial charge is 0.323 e. The molecule has 2 aromatic heterocycles. The SMILES string of the molecule is CC(Sc1nnc(Cc2ccccc2)n1-c1ccccc1)C(=O)Nc1ccc2[nH]c(=O)[nH]c2c1. The Morgan fingerprint density at radius 1 is 0.971 bits per heavy atom. The van der Waals surface area contributed by atoms with Crippen molar-refractivity contribution in [3.8, 4) is 5.69 Å². The predicted molar refractivity (Wildman–Crippen MR) is 133 cm³/mol. The zero-order valence-electron chi connectivity index (χ0n) is 18.4. The van der Waals surface area contributed by atoms with Crippen molar-refractivity contribution in [2.24, 2.45) is 0 Å². The number of carbonyl (C=O) groups excluding carboxylic acids is 1. The van der Waals surface area contributed by atoms with Gasteiger partial charge in [0.1, 0.15) is 5.82 Å². The molecule has 0 aliphatic carbocycles. The maximum absolute atomic E-state index is 12.9. The molecule has 1 amide bonds. The van der Waals surface area contributed by atoms with Crippen molar-refractivity contribution >= 4 is 34.4 Å². The van der Waals surface area contributed by atoms with Gasteiger partial charge in [-0.3, -0.25) is 9.36 Å². The molecular weight excluding hydrogens is 448 g/mol. The van der Waals surface area contributed by atoms with Crippen LogP contribution in [0.1, 0.15) is 18.3 Å². The van der Waals surface area contributed by atoms with Crippen molar-refractivity contribution < 1.29 is 4.79 Å². The third-order valence-electron chi connectivity index (χ3n) is 5.35. The molecule has 2 heterocycles. The molecule has 3 N–H and O–H groups in total. The highest BCUT2D eigenvalue weighted by molar-refractivity contribution is 8.00. The number of fused-ring (bicyclic) bond motifs is 1. The number of aromatic amines is 2. The van der Waals surface area contributed by atoms with Gasteiger partial charge in [0.05, 0.1) is 16.3 Å². The fourth-order valence-corrected chi connectivity index (χ4v) is 4.56. The molecule has 170 valence electrons. The van der Waals surface area contributed by atoms with E-state index in [0.717, 1.165) is 17.1 Å². The average Bonchev–Trinajstić information content (AvgIpc) is 3.41. The first kappa shape index (κ1) is 21.7. The lowest BCUT2D eigenvalue weighted by Crippen LogP contribution is -2.23. The molecule has 8 nitrogen and oxygen atoms in total. The molecule has 3 aromatic carbocycles. The normalized spacial score (nSPS) is 12.0. The zero-order valence-corrected chi connectivity index (χ0v) is 19.2. The second-order valence-corrected chi connectivity index (χ2v) is 9.13. The number of hydrogen-bond acceptors (Lipinski definition) is 5. The third kappa shape index (κ3) is 4.65. The van der Waals surface area contributed by atoms with Gasteiger partial charge in [-0.1, -0.05) is 60.3 Å². The van der Waals surface area contributed by atoms with Crippen LogP contribution >= 0.6 is 11.8 Å². The highest BCUT2D eigenvalue weighted by Gasteiger charge is 2.21. The lowest BCUT2D eigenvalue weighted by Gasteiger charge is -2.14. The van der Waals surface area contributed by atoms with Gasteiger partial charge in [-0.2, -0.15) is 0 Å². The molecule has 5 rings (SSSR count). The third-order valence-corrected chi connectivity index (χ3v) is 6.40. The number of benzene rings is 3. The summed E-state index contributed by atoms with van der Waals surface area (Å²) in [4.78, 5) is 29.8. The lowest BCUT2D eigenvalue weighted by molar-refractivity contribution is -0.115. The molecule has 0 aliphatic rings. The van der Waals surface area contributed by atoms with Crippen LogP contribution in [0.5, 0.6) is 0 Å². The van der Waals surface area contributed by atoms with Gasteiger partial charge in [0, 0.05) is 17.8 Å². The Bertz CT molecular complexity index is 1490. The summed E-state index contributed by atoms with van der Waals surface area (Å²) in [5.74, 6) is 0.629. The van der Waals surface area contributed by atoms with Gasteiger partial charge in [-0.25, -0.2) is 4.79 Å². The number of thioether (sulfide) groups is 1. The number of nitrogens with zero attached hydrogens (tertiary/aromatic N) is 3. The molecule has 0 saturated carbocycles. The minimum absolute atomic E-state index is 0.172. The van der Waals surface area contributed by atoms with Gasteiger partial charge >= 0.3 is 5.69 Å². The summed E-state index contributed by atoms with van der Waals surface area (Å²) >= 11 is 1.34. The molecule has 1 atom stereocenters. The van der Waals surface area contributed by atoms with Gasteiger partial charge in [0.2, 0.25) is 5.91 Å². The highest BCUT2D eigenvalue weighted by Crippen LogP contribution is 2.27. The molecule has 0 saturated heterocycles. The van der Waals surface area contributed by atoms with E-state index < -0.39 is 5.25 Å². The van der Waals surface area contributed by atoms with Crippen molar-refractivity contribution in [1.82, 2.24) is 24.7 Å². The minimum Gasteiger partial charge on any atom is -0.325 e. The molecule has 0 bridgehead atoms. The van der Waals surface area contributed by atoms with E-state index in [-0.39, 0.29) is 11.6 Å². The first-order valence-corrected chi connectivity index (χ1v) is 11.7. The molecule has 1 unspecified atom stereocenters. The molecular formula is C25H22N6O2S. The Labute approximate surface area is 199 Å². The molecule has 0 spiro atoms. The van der Waals surface area contributed by atoms with Crippen LogP contribution in [0.3, 0.4) is 0 Å². The van der Waals surface area contributed by atoms with E-state index >= 15 is 0 Å². The first-order chi connectivity index (χ1) is 16.6. The Kier molecular flexibility index (Phi) is 6.01. The molecule has 5 aromatic rings. The van der Waals surface area contributed by atoms with Crippen molar-refractivity contribution in [2.45, 2.75) is 23.8 Å². The van der Waals surface area contributed by atoms with Crippen LogP contribution in [0.25, 0.3) is 16.7 Å². The summed E-state index contributed by atoms with van der Waals surface area (Å²) in [6.45, 7) is 1.83. The van der Waals surface area contributed by atoms with E-state index in [2.05, 4.69) is 37.6 Å². The Morgan fingerprint density at radius 2 is 1.68 bits per heavy atom. The summed E-state index contributed by atoms with van der Waals surface area (Å²) in [6.07, 6.45) is 0.624. The number of hydrogen-bond donors (Lipinski definition) is 3. The summed E-state index contributed by atoms with van der Waals surface area (Å²) in [5, 5.41) is 12.0. The van der Waals surface area contributed by atoms with Crippen LogP contribution in [0, 0.1) is 0 Å². The van der Waals surface area contributed by atoms with Gasteiger partial charge in [0.25, 0.3) is 0 Å². The summed E-state index contributed by atoms with van der Waals surface area (Å²) in [7, 11) is 0. The van der Waals surface area contributed by atoms with Crippen molar-refractivity contribution in [2.75, 3.05) is 5.32 Å². The van der Waals surface area contributed by atoms with Gasteiger partial charge in [0.15, 0.2) is 5.16 Å². The number of nitrogens with one attached hydrogen (secondary N) is 3. The van der Waals surface area contributed by atoms with E-state index in [1.54, 1.807) is 18.2 Å². The second-order valence-electron chi connectivity index (χ2n) is 7.82. The van der Waals surface area contributed by atoms with Gasteiger partial charge in [-0.05, 0) is 42.8 Å². The molecule has 9 heteroatoms. The van der Waals surface area contributed by atoms with Crippen molar-refractivity contribution in [3.05, 3.63) is 101 Å². The van der Waals surface area contributed by atoms with Crippen LogP contribution in [0.15, 0.2) is 88.8 Å². The van der Waals surface area contributed by atoms with Crippen LogP contribution in [0.2, 0.25) is 0 Å². The fraction of sp³-hybridized carbons (Fsp3) is 0.120. The Morgan fingerprint density at radius 3 is 2.44 bits per heavy atom. The van der Waals surface area contributed by atoms with Crippen LogP contribution in [0.4, 0.5) is 5.69 Å². The number of aromatic nitrogens is 5. The first-order valence-electron chi connectivity index (χ1n) is 10.8. The monoisotopic (exact) mass is 470 g/mol. The number of carbonyl (C=O) groups is 1. The maximum Gasteiger partial charge on any atom is 0.323 e. The van der Waals surface area contributed by atoms with Crippen LogP contribution in [-0.2, 0) is 11.2 Å². The molecule has 0 aliphatic heterocycles. The number of amides is 1. The van der Waals surface area contributed by atoms with Crippen LogP contribution < -0.4 is 11.0 Å². The van der Waals surface area contributed by atoms with E-state index in [0.29, 0.717) is 28.3 Å². The highest BCUT2D eigenvalue weighted by atomic mass is 32.2. The van der Waals surface area contributed by atoms with E-state index in [9.17, 15) is 9.59 Å². The minimum atomic E-state index is -0.433. The van der Waals surface area contributed by atoms with Crippen molar-refractivity contribution in [1.29, 1.82) is 0 Å². The topological polar surface area (TPSA) is 108 Å². The quantitative estimate of drug-likeness (QED) is 0.310. The number of rotatable bonds is 7. The number of anilines is 1. The number of para-hydroxylation sites is 1. The predicted octanol–water partition coefficient (Wildman–Crippen LogP) is 4.15. The Balaban J connectivity index is 1.38. The standard InChI is InChI=1S/C25H22N6O2S/c1-16(23(32)26-18-12-13-20-21(15-18)28-24(33)27-20)34-25-30-29-22(14-17-8-4-2-5-9-17)31(25)19-10-6-3-7-11-19/h2-13,15-16H,14H2,1H3,(H,26,32)(H2,27,28,33). The molecule has 0 radical (unpaired) electrons. The fourth-order valence-electron chi connectivity index (χ4n) is 3.67. The summed E-state index contributed by atoms with van der Waals surface area (Å²) in [6, 6.07) is 25.2. The maximum atomic E-state index is 12.9. The molecule has 0 fully saturated rings. The zero-order chi connectivity index (χ0) is 23.5. The largest absolute Gasteiger partial charge is 0.325 e. The van der Waals surface area contributed by atoms with E-state index in [1.165, 1.54) is 11.8 Å². The lowest BCUT2D eigenvalue weighted by atomic mass is 10.1. The average molecular weight is 471 g/mol. The van der Waals surface area contributed by atoms with Crippen LogP contribution in [-0.4, -0.2) is 35.9 Å². The van der Waals surface area contributed by atoms with E-state index in [4.69, 9.17) is 0 Å². The summed E-state index contributed by atoms with van der Waals surface area (Å²) in [5.41, 5.74) is 3.72. The number of imidazole rings is 1. The Hall–Kier alpha value is -4.11. The van der Waals surface area contributed by atoms with Gasteiger partial charge < -0.3 is 15.3 Å². The van der Waals surface area contributed by atoms with Crippen molar-refractivity contribution in [3.63, 3.8) is 0 Å². The van der Waals surface area contributed by atoms with E-state index in [1.807, 2.05) is 60.0 Å². The molecule has 34 heavy (non-hydrogen) atoms. The van der Waals surface area contributed by atoms with Gasteiger partial charge in [-0.15, -0.1) is 10.2 Å². The second kappa shape index (κ2) is 9.40.